The molecule has 1 aliphatic rings. The van der Waals surface area contributed by atoms with Crippen LogP contribution in [0.1, 0.15) is 30.7 Å². The zero-order valence-corrected chi connectivity index (χ0v) is 12.1. The van der Waals surface area contributed by atoms with E-state index in [-0.39, 0.29) is 5.82 Å². The van der Waals surface area contributed by atoms with Crippen LogP contribution in [0.2, 0.25) is 0 Å². The van der Waals surface area contributed by atoms with Crippen molar-refractivity contribution in [3.63, 3.8) is 0 Å². The summed E-state index contributed by atoms with van der Waals surface area (Å²) in [5.41, 5.74) is 1.17. The molecule has 4 heteroatoms. The lowest BCUT2D eigenvalue weighted by atomic mass is 9.92. The van der Waals surface area contributed by atoms with Crippen molar-refractivity contribution in [2.24, 2.45) is 0 Å². The Balaban J connectivity index is 1.92. The molecule has 1 fully saturated rings. The Morgan fingerprint density at radius 3 is 2.85 bits per heavy atom. The molecule has 2 rings (SSSR count). The Bertz CT molecular complexity index is 377. The molecule has 0 aromatic heterocycles. The summed E-state index contributed by atoms with van der Waals surface area (Å²) in [4.78, 5) is 0. The van der Waals surface area contributed by atoms with Crippen LogP contribution in [0.25, 0.3) is 0 Å². The SMILES string of the molecule is COCCNCC(CC1CCCO1)c1ccc(F)cc1. The highest BCUT2D eigenvalue weighted by atomic mass is 19.1. The zero-order chi connectivity index (χ0) is 14.2. The lowest BCUT2D eigenvalue weighted by Gasteiger charge is -2.21. The van der Waals surface area contributed by atoms with E-state index in [1.54, 1.807) is 7.11 Å². The van der Waals surface area contributed by atoms with E-state index >= 15 is 0 Å². The maximum Gasteiger partial charge on any atom is 0.123 e. The minimum Gasteiger partial charge on any atom is -0.383 e. The van der Waals surface area contributed by atoms with E-state index in [2.05, 4.69) is 5.32 Å². The molecule has 1 saturated heterocycles. The van der Waals surface area contributed by atoms with Gasteiger partial charge in [-0.15, -0.1) is 0 Å². The number of benzene rings is 1. The van der Waals surface area contributed by atoms with Crippen molar-refractivity contribution in [3.05, 3.63) is 35.6 Å². The van der Waals surface area contributed by atoms with Crippen molar-refractivity contribution >= 4 is 0 Å². The first-order chi connectivity index (χ1) is 9.79. The maximum absolute atomic E-state index is 13.1. The molecule has 1 N–H and O–H groups in total. The molecule has 0 bridgehead atoms. The molecule has 1 heterocycles. The fourth-order valence-electron chi connectivity index (χ4n) is 2.67. The van der Waals surface area contributed by atoms with E-state index in [1.807, 2.05) is 12.1 Å². The van der Waals surface area contributed by atoms with Crippen LogP contribution >= 0.6 is 0 Å². The van der Waals surface area contributed by atoms with Gasteiger partial charge in [-0.05, 0) is 42.9 Å². The summed E-state index contributed by atoms with van der Waals surface area (Å²) >= 11 is 0. The van der Waals surface area contributed by atoms with Crippen molar-refractivity contribution in [1.82, 2.24) is 5.32 Å². The summed E-state index contributed by atoms with van der Waals surface area (Å²) < 4.78 is 23.8. The van der Waals surface area contributed by atoms with Crippen molar-refractivity contribution < 1.29 is 13.9 Å². The van der Waals surface area contributed by atoms with E-state index in [0.29, 0.717) is 18.6 Å². The first-order valence-corrected chi connectivity index (χ1v) is 7.36. The Labute approximate surface area is 120 Å². The van der Waals surface area contributed by atoms with Gasteiger partial charge in [-0.3, -0.25) is 0 Å². The monoisotopic (exact) mass is 281 g/mol. The smallest absolute Gasteiger partial charge is 0.123 e. The molecule has 0 amide bonds. The number of nitrogens with one attached hydrogen (secondary N) is 1. The number of hydrogen-bond donors (Lipinski definition) is 1. The third-order valence-corrected chi connectivity index (χ3v) is 3.79. The second-order valence-electron chi connectivity index (χ2n) is 5.32. The lowest BCUT2D eigenvalue weighted by molar-refractivity contribution is 0.0974. The summed E-state index contributed by atoms with van der Waals surface area (Å²) in [5.74, 6) is 0.174. The molecule has 2 unspecified atom stereocenters. The third-order valence-electron chi connectivity index (χ3n) is 3.79. The molecule has 20 heavy (non-hydrogen) atoms. The summed E-state index contributed by atoms with van der Waals surface area (Å²) in [7, 11) is 1.70. The predicted molar refractivity (Wildman–Crippen MR) is 77.5 cm³/mol. The molecule has 0 saturated carbocycles. The third kappa shape index (κ3) is 4.85. The summed E-state index contributed by atoms with van der Waals surface area (Å²) in [6.07, 6.45) is 3.62. The standard InChI is InChI=1S/C16H24FNO2/c1-19-10-8-18-12-14(11-16-3-2-9-20-16)13-4-6-15(17)7-5-13/h4-7,14,16,18H,2-3,8-12H2,1H3. The average Bonchev–Trinajstić information content (AvgIpc) is 2.96. The Morgan fingerprint density at radius 2 is 2.20 bits per heavy atom. The van der Waals surface area contributed by atoms with Gasteiger partial charge in [0, 0.05) is 26.8 Å². The number of rotatable bonds is 8. The molecule has 112 valence electrons. The van der Waals surface area contributed by atoms with Gasteiger partial charge in [-0.25, -0.2) is 4.39 Å². The fourth-order valence-corrected chi connectivity index (χ4v) is 2.67. The van der Waals surface area contributed by atoms with Crippen LogP contribution < -0.4 is 5.32 Å². The number of ether oxygens (including phenoxy) is 2. The van der Waals surface area contributed by atoms with Crippen molar-refractivity contribution in [3.8, 4) is 0 Å². The van der Waals surface area contributed by atoms with Gasteiger partial charge in [-0.2, -0.15) is 0 Å². The predicted octanol–water partition coefficient (Wildman–Crippen LogP) is 2.71. The first-order valence-electron chi connectivity index (χ1n) is 7.36. The Kier molecular flexibility index (Phi) is 6.43. The van der Waals surface area contributed by atoms with Crippen LogP contribution in [0.5, 0.6) is 0 Å². The van der Waals surface area contributed by atoms with E-state index in [4.69, 9.17) is 9.47 Å². The average molecular weight is 281 g/mol. The van der Waals surface area contributed by atoms with Crippen LogP contribution in [-0.2, 0) is 9.47 Å². The second kappa shape index (κ2) is 8.35. The van der Waals surface area contributed by atoms with Crippen molar-refractivity contribution in [2.45, 2.75) is 31.3 Å². The topological polar surface area (TPSA) is 30.5 Å². The van der Waals surface area contributed by atoms with E-state index in [1.165, 1.54) is 17.7 Å². The molecule has 0 aliphatic carbocycles. The molecular formula is C16H24FNO2. The van der Waals surface area contributed by atoms with Gasteiger partial charge in [0.25, 0.3) is 0 Å². The normalized spacial score (nSPS) is 20.2. The van der Waals surface area contributed by atoms with Crippen molar-refractivity contribution in [2.75, 3.05) is 33.4 Å². The van der Waals surface area contributed by atoms with Gasteiger partial charge >= 0.3 is 0 Å². The largest absolute Gasteiger partial charge is 0.383 e. The molecular weight excluding hydrogens is 257 g/mol. The van der Waals surface area contributed by atoms with Gasteiger partial charge in [0.2, 0.25) is 0 Å². The van der Waals surface area contributed by atoms with Crippen molar-refractivity contribution in [1.29, 1.82) is 0 Å². The van der Waals surface area contributed by atoms with Gasteiger partial charge in [0.05, 0.1) is 12.7 Å². The molecule has 1 aliphatic heterocycles. The summed E-state index contributed by atoms with van der Waals surface area (Å²) in [6.45, 7) is 3.28. The van der Waals surface area contributed by atoms with Crippen LogP contribution in [0.3, 0.4) is 0 Å². The summed E-state index contributed by atoms with van der Waals surface area (Å²) in [6, 6.07) is 6.83. The molecule has 0 spiro atoms. The quantitative estimate of drug-likeness (QED) is 0.743. The van der Waals surface area contributed by atoms with E-state index in [9.17, 15) is 4.39 Å². The van der Waals surface area contributed by atoms with E-state index < -0.39 is 0 Å². The van der Waals surface area contributed by atoms with Gasteiger partial charge < -0.3 is 14.8 Å². The number of methoxy groups -OCH3 is 1. The van der Waals surface area contributed by atoms with E-state index in [0.717, 1.165) is 39.0 Å². The van der Waals surface area contributed by atoms with Gasteiger partial charge in [-0.1, -0.05) is 12.1 Å². The number of halogens is 1. The highest BCUT2D eigenvalue weighted by molar-refractivity contribution is 5.21. The Hall–Kier alpha value is -0.970. The highest BCUT2D eigenvalue weighted by Crippen LogP contribution is 2.26. The highest BCUT2D eigenvalue weighted by Gasteiger charge is 2.21. The molecule has 1 aromatic carbocycles. The minimum atomic E-state index is -0.183. The lowest BCUT2D eigenvalue weighted by Crippen LogP contribution is -2.27. The number of hydrogen-bond acceptors (Lipinski definition) is 3. The molecule has 1 aromatic rings. The zero-order valence-electron chi connectivity index (χ0n) is 12.1. The van der Waals surface area contributed by atoms with Crippen LogP contribution in [0.4, 0.5) is 4.39 Å². The molecule has 3 nitrogen and oxygen atoms in total. The first kappa shape index (κ1) is 15.4. The fraction of sp³-hybridized carbons (Fsp3) is 0.625. The van der Waals surface area contributed by atoms with Crippen LogP contribution in [0.15, 0.2) is 24.3 Å². The van der Waals surface area contributed by atoms with Crippen LogP contribution in [0, 0.1) is 5.82 Å². The second-order valence-corrected chi connectivity index (χ2v) is 5.32. The maximum atomic E-state index is 13.1. The summed E-state index contributed by atoms with van der Waals surface area (Å²) in [5, 5.41) is 3.40. The molecule has 0 radical (unpaired) electrons. The van der Waals surface area contributed by atoms with Gasteiger partial charge in [0.15, 0.2) is 0 Å². The van der Waals surface area contributed by atoms with Gasteiger partial charge in [0.1, 0.15) is 5.82 Å². The minimum absolute atomic E-state index is 0.183. The molecule has 2 atom stereocenters. The Morgan fingerprint density at radius 1 is 1.40 bits per heavy atom. The van der Waals surface area contributed by atoms with Crippen LogP contribution in [-0.4, -0.2) is 39.5 Å².